The molecular formula is C12H19N5O2. The summed E-state index contributed by atoms with van der Waals surface area (Å²) < 4.78 is 0. The summed E-state index contributed by atoms with van der Waals surface area (Å²) in [6.45, 7) is 2.18. The summed E-state index contributed by atoms with van der Waals surface area (Å²) in [6.07, 6.45) is 3.19. The summed E-state index contributed by atoms with van der Waals surface area (Å²) >= 11 is 0. The van der Waals surface area contributed by atoms with Gasteiger partial charge in [-0.2, -0.15) is 5.10 Å². The van der Waals surface area contributed by atoms with Crippen LogP contribution in [0.15, 0.2) is 0 Å². The van der Waals surface area contributed by atoms with Crippen LogP contribution in [0, 0.1) is 6.92 Å². The van der Waals surface area contributed by atoms with Crippen molar-refractivity contribution in [1.82, 2.24) is 20.8 Å². The van der Waals surface area contributed by atoms with Crippen LogP contribution in [0.2, 0.25) is 0 Å². The minimum atomic E-state index is -0.315. The number of hydrogen-bond donors (Lipinski definition) is 4. The number of nitrogens with two attached hydrogens (primary N) is 1. The van der Waals surface area contributed by atoms with E-state index in [1.54, 1.807) is 6.92 Å². The number of aromatic amines is 1. The molecule has 1 aliphatic carbocycles. The lowest BCUT2D eigenvalue weighted by Crippen LogP contribution is -2.29. The molecule has 1 heterocycles. The van der Waals surface area contributed by atoms with Crippen molar-refractivity contribution < 1.29 is 9.59 Å². The van der Waals surface area contributed by atoms with E-state index in [0.29, 0.717) is 36.8 Å². The quantitative estimate of drug-likeness (QED) is 0.546. The van der Waals surface area contributed by atoms with Crippen LogP contribution in [-0.4, -0.2) is 34.6 Å². The highest BCUT2D eigenvalue weighted by atomic mass is 16.2. The molecule has 1 fully saturated rings. The van der Waals surface area contributed by atoms with Crippen molar-refractivity contribution in [2.75, 3.05) is 12.3 Å². The molecule has 1 aromatic heterocycles. The number of amides is 2. The summed E-state index contributed by atoms with van der Waals surface area (Å²) in [4.78, 5) is 23.1. The summed E-state index contributed by atoms with van der Waals surface area (Å²) in [5.74, 6) is -0.267. The van der Waals surface area contributed by atoms with Crippen molar-refractivity contribution in [3.8, 4) is 0 Å². The number of anilines is 1. The molecule has 0 aromatic carbocycles. The predicted octanol–water partition coefficient (Wildman–Crippen LogP) is 0.0889. The van der Waals surface area contributed by atoms with E-state index >= 15 is 0 Å². The number of hydrogen-bond acceptors (Lipinski definition) is 4. The number of nitrogens with zero attached hydrogens (tertiary/aromatic N) is 1. The number of nitrogen functional groups attached to an aromatic ring is 1. The number of nitrogens with one attached hydrogen (secondary N) is 3. The summed E-state index contributed by atoms with van der Waals surface area (Å²) in [5, 5.41) is 12.1. The first-order chi connectivity index (χ1) is 9.08. The molecule has 5 N–H and O–H groups in total. The Morgan fingerprint density at radius 2 is 2.21 bits per heavy atom. The highest BCUT2D eigenvalue weighted by Gasteiger charge is 2.22. The third kappa shape index (κ3) is 3.70. The molecule has 2 rings (SSSR count). The molecule has 0 bridgehead atoms. The second-order valence-electron chi connectivity index (χ2n) is 4.81. The second-order valence-corrected chi connectivity index (χ2v) is 4.81. The minimum absolute atomic E-state index is 0.0480. The van der Waals surface area contributed by atoms with Gasteiger partial charge in [-0.1, -0.05) is 0 Å². The second kappa shape index (κ2) is 5.73. The van der Waals surface area contributed by atoms with Gasteiger partial charge in [0.25, 0.3) is 5.91 Å². The Labute approximate surface area is 111 Å². The molecule has 0 unspecified atom stereocenters. The Balaban J connectivity index is 1.66. The van der Waals surface area contributed by atoms with Gasteiger partial charge in [0.2, 0.25) is 5.91 Å². The fourth-order valence-electron chi connectivity index (χ4n) is 1.67. The topological polar surface area (TPSA) is 113 Å². The molecule has 0 saturated heterocycles. The van der Waals surface area contributed by atoms with Gasteiger partial charge in [-0.15, -0.1) is 0 Å². The summed E-state index contributed by atoms with van der Waals surface area (Å²) in [5.41, 5.74) is 6.95. The monoisotopic (exact) mass is 265 g/mol. The molecule has 0 atom stereocenters. The number of aryl methyl sites for hydroxylation is 1. The smallest absolute Gasteiger partial charge is 0.273 e. The Hall–Kier alpha value is -2.05. The van der Waals surface area contributed by atoms with Crippen molar-refractivity contribution in [2.24, 2.45) is 0 Å². The Kier molecular flexibility index (Phi) is 4.03. The van der Waals surface area contributed by atoms with Crippen LogP contribution in [0.1, 0.15) is 41.9 Å². The van der Waals surface area contributed by atoms with Gasteiger partial charge in [-0.25, -0.2) is 0 Å². The van der Waals surface area contributed by atoms with Crippen molar-refractivity contribution in [2.45, 2.75) is 38.6 Å². The van der Waals surface area contributed by atoms with Crippen LogP contribution in [0.25, 0.3) is 0 Å². The molecular weight excluding hydrogens is 246 g/mol. The minimum Gasteiger partial charge on any atom is -0.395 e. The van der Waals surface area contributed by atoms with E-state index in [4.69, 9.17) is 5.73 Å². The number of H-pyrrole nitrogens is 1. The Morgan fingerprint density at radius 3 is 2.79 bits per heavy atom. The standard InChI is InChI=1S/C12H19N5O2/c1-7-10(13)11(17-16-7)12(19)14-6-2-3-9(18)15-8-4-5-8/h8H,2-6,13H2,1H3,(H,14,19)(H,15,18)(H,16,17). The zero-order valence-electron chi connectivity index (χ0n) is 11.0. The van der Waals surface area contributed by atoms with Gasteiger partial charge < -0.3 is 16.4 Å². The number of carbonyl (C=O) groups excluding carboxylic acids is 2. The first-order valence-corrected chi connectivity index (χ1v) is 6.46. The molecule has 0 aliphatic heterocycles. The maximum atomic E-state index is 11.7. The van der Waals surface area contributed by atoms with Crippen LogP contribution in [0.4, 0.5) is 5.69 Å². The molecule has 2 amide bonds. The third-order valence-electron chi connectivity index (χ3n) is 3.02. The van der Waals surface area contributed by atoms with E-state index in [9.17, 15) is 9.59 Å². The van der Waals surface area contributed by atoms with Gasteiger partial charge in [0.15, 0.2) is 5.69 Å². The number of aromatic nitrogens is 2. The largest absolute Gasteiger partial charge is 0.395 e. The predicted molar refractivity (Wildman–Crippen MR) is 70.5 cm³/mol. The van der Waals surface area contributed by atoms with Gasteiger partial charge in [0.1, 0.15) is 0 Å². The van der Waals surface area contributed by atoms with Crippen LogP contribution in [0.3, 0.4) is 0 Å². The lowest BCUT2D eigenvalue weighted by atomic mass is 10.2. The number of carbonyl (C=O) groups is 2. The van der Waals surface area contributed by atoms with E-state index < -0.39 is 0 Å². The molecule has 0 spiro atoms. The normalized spacial score (nSPS) is 14.2. The van der Waals surface area contributed by atoms with E-state index in [1.807, 2.05) is 0 Å². The molecule has 1 aromatic rings. The third-order valence-corrected chi connectivity index (χ3v) is 3.02. The van der Waals surface area contributed by atoms with Gasteiger partial charge in [0.05, 0.1) is 11.4 Å². The van der Waals surface area contributed by atoms with Crippen LogP contribution < -0.4 is 16.4 Å². The van der Waals surface area contributed by atoms with E-state index in [0.717, 1.165) is 12.8 Å². The van der Waals surface area contributed by atoms with E-state index in [-0.39, 0.29) is 17.5 Å². The van der Waals surface area contributed by atoms with Gasteiger partial charge >= 0.3 is 0 Å². The maximum absolute atomic E-state index is 11.7. The maximum Gasteiger partial charge on any atom is 0.273 e. The molecule has 1 saturated carbocycles. The van der Waals surface area contributed by atoms with Crippen LogP contribution in [0.5, 0.6) is 0 Å². The molecule has 19 heavy (non-hydrogen) atoms. The fourth-order valence-corrected chi connectivity index (χ4v) is 1.67. The molecule has 0 radical (unpaired) electrons. The fraction of sp³-hybridized carbons (Fsp3) is 0.583. The van der Waals surface area contributed by atoms with Gasteiger partial charge in [0, 0.05) is 19.0 Å². The Bertz CT molecular complexity index is 478. The average Bonchev–Trinajstić information content (AvgIpc) is 3.12. The Morgan fingerprint density at radius 1 is 1.47 bits per heavy atom. The van der Waals surface area contributed by atoms with Gasteiger partial charge in [-0.3, -0.25) is 14.7 Å². The van der Waals surface area contributed by atoms with Crippen LogP contribution >= 0.6 is 0 Å². The molecule has 1 aliphatic rings. The van der Waals surface area contributed by atoms with Crippen molar-refractivity contribution >= 4 is 17.5 Å². The average molecular weight is 265 g/mol. The molecule has 7 heteroatoms. The lowest BCUT2D eigenvalue weighted by Gasteiger charge is -2.05. The number of rotatable bonds is 6. The van der Waals surface area contributed by atoms with E-state index in [1.165, 1.54) is 0 Å². The van der Waals surface area contributed by atoms with E-state index in [2.05, 4.69) is 20.8 Å². The SMILES string of the molecule is Cc1[nH]nc(C(=O)NCCCC(=O)NC2CC2)c1N. The lowest BCUT2D eigenvalue weighted by molar-refractivity contribution is -0.121. The van der Waals surface area contributed by atoms with Crippen molar-refractivity contribution in [3.63, 3.8) is 0 Å². The van der Waals surface area contributed by atoms with Gasteiger partial charge in [-0.05, 0) is 26.2 Å². The zero-order chi connectivity index (χ0) is 13.8. The summed E-state index contributed by atoms with van der Waals surface area (Å²) in [7, 11) is 0. The highest BCUT2D eigenvalue weighted by Crippen LogP contribution is 2.18. The highest BCUT2D eigenvalue weighted by molar-refractivity contribution is 5.97. The first kappa shape index (κ1) is 13.4. The molecule has 104 valence electrons. The molecule has 7 nitrogen and oxygen atoms in total. The summed E-state index contributed by atoms with van der Waals surface area (Å²) in [6, 6.07) is 0.383. The van der Waals surface area contributed by atoms with Crippen molar-refractivity contribution in [3.05, 3.63) is 11.4 Å². The zero-order valence-corrected chi connectivity index (χ0v) is 11.0. The van der Waals surface area contributed by atoms with Crippen LogP contribution in [-0.2, 0) is 4.79 Å². The van der Waals surface area contributed by atoms with Crippen molar-refractivity contribution in [1.29, 1.82) is 0 Å². The first-order valence-electron chi connectivity index (χ1n) is 6.46.